The third kappa shape index (κ3) is 25.9. The second-order valence-corrected chi connectivity index (χ2v) is 9.41. The first kappa shape index (κ1) is 41.1. The Morgan fingerprint density at radius 2 is 0.925 bits per heavy atom. The molecule has 0 fully saturated rings. The Hall–Kier alpha value is -1.08. The number of allylic oxidation sites excluding steroid dienone is 4. The molecule has 0 aromatic rings. The van der Waals surface area contributed by atoms with Crippen molar-refractivity contribution in [3.8, 4) is 0 Å². The average Bonchev–Trinajstić information content (AvgIpc) is 2.98. The van der Waals surface area contributed by atoms with Crippen molar-refractivity contribution in [2.75, 3.05) is 40.8 Å². The summed E-state index contributed by atoms with van der Waals surface area (Å²) >= 11 is 0. The largest absolute Gasteiger partial charge is 1.00 e. The molecule has 4 aliphatic rings. The van der Waals surface area contributed by atoms with Gasteiger partial charge in [0.2, 0.25) is 0 Å². The molecule has 4 aliphatic heterocycles. The van der Waals surface area contributed by atoms with Gasteiger partial charge >= 0.3 is 29.6 Å². The summed E-state index contributed by atoms with van der Waals surface area (Å²) in [5.74, 6) is 4.03. The summed E-state index contributed by atoms with van der Waals surface area (Å²) in [4.78, 5) is 0. The van der Waals surface area contributed by atoms with Crippen molar-refractivity contribution in [1.29, 1.82) is 0 Å². The van der Waals surface area contributed by atoms with E-state index in [1.807, 2.05) is 33.0 Å². The zero-order valence-electron chi connectivity index (χ0n) is 25.7. The minimum absolute atomic E-state index is 0. The molecule has 0 spiro atoms. The van der Waals surface area contributed by atoms with Crippen LogP contribution in [-0.4, -0.2) is 70.4 Å². The summed E-state index contributed by atoms with van der Waals surface area (Å²) < 4.78 is 21.2. The van der Waals surface area contributed by atoms with Gasteiger partial charge in [-0.1, -0.05) is 13.3 Å². The first-order chi connectivity index (χ1) is 19.1. The maximum atomic E-state index is 6.97. The van der Waals surface area contributed by atoms with Gasteiger partial charge in [-0.15, -0.1) is 0 Å². The van der Waals surface area contributed by atoms with E-state index < -0.39 is 0 Å². The molecule has 0 amide bonds. The predicted octanol–water partition coefficient (Wildman–Crippen LogP) is 1.80. The Bertz CT molecular complexity index is 536. The van der Waals surface area contributed by atoms with E-state index in [0.29, 0.717) is 24.4 Å². The van der Waals surface area contributed by atoms with Gasteiger partial charge in [-0.05, 0) is 103 Å². The topological polar surface area (TPSA) is 133 Å². The maximum Gasteiger partial charge on any atom is 1.00 e. The fraction of sp³-hybridized carbons (Fsp3) is 0.724. The van der Waals surface area contributed by atoms with E-state index >= 15 is 0 Å². The molecule has 10 nitrogen and oxygen atoms in total. The minimum Gasteiger partial charge on any atom is -0.498 e. The Morgan fingerprint density at radius 1 is 0.650 bits per heavy atom. The van der Waals surface area contributed by atoms with Crippen molar-refractivity contribution in [1.82, 2.24) is 16.0 Å². The van der Waals surface area contributed by atoms with Crippen LogP contribution in [0.25, 0.3) is 5.59 Å². The SMILES string of the molecule is CCCC1CCC=CO1.CNC[C@H]1CCC=CO1.CNC[C@H]1CCC=CO1.CNC[C@H]1CCC=CO1.N[N-]O.[Na+]. The third-order valence-corrected chi connectivity index (χ3v) is 6.00. The first-order valence-corrected chi connectivity index (χ1v) is 14.3. The van der Waals surface area contributed by atoms with Gasteiger partial charge in [-0.3, -0.25) is 0 Å². The van der Waals surface area contributed by atoms with Crippen LogP contribution in [0.15, 0.2) is 49.4 Å². The fourth-order valence-corrected chi connectivity index (χ4v) is 4.01. The summed E-state index contributed by atoms with van der Waals surface area (Å²) in [5.41, 5.74) is 2.00. The molecular weight excluding hydrogens is 521 g/mol. The second-order valence-electron chi connectivity index (χ2n) is 9.41. The second kappa shape index (κ2) is 32.4. The van der Waals surface area contributed by atoms with E-state index in [1.54, 1.807) is 18.8 Å². The quantitative estimate of drug-likeness (QED) is 0.166. The van der Waals surface area contributed by atoms with Crippen molar-refractivity contribution >= 4 is 0 Å². The average molecular weight is 578 g/mol. The van der Waals surface area contributed by atoms with E-state index in [4.69, 9.17) is 24.2 Å². The number of likely N-dealkylation sites (N-methyl/N-ethyl adjacent to an activating group) is 3. The van der Waals surface area contributed by atoms with E-state index in [9.17, 15) is 0 Å². The molecule has 0 radical (unpaired) electrons. The predicted molar refractivity (Wildman–Crippen MR) is 159 cm³/mol. The normalized spacial score (nSPS) is 23.6. The molecule has 0 saturated carbocycles. The van der Waals surface area contributed by atoms with Gasteiger partial charge in [0, 0.05) is 19.6 Å². The number of nitrogens with two attached hydrogens (primary N) is 1. The van der Waals surface area contributed by atoms with Gasteiger partial charge in [-0.25, -0.2) is 0 Å². The monoisotopic (exact) mass is 577 g/mol. The van der Waals surface area contributed by atoms with Crippen molar-refractivity contribution in [3.05, 3.63) is 54.9 Å². The Morgan fingerprint density at radius 3 is 1.12 bits per heavy atom. The third-order valence-electron chi connectivity index (χ3n) is 6.00. The molecule has 4 heterocycles. The van der Waals surface area contributed by atoms with Gasteiger partial charge in [0.1, 0.15) is 18.3 Å². The standard InChI is InChI=1S/C8H14O.3C7H13NO.H3N2O.Na/c1-2-5-8-6-3-4-7-9-8;3*1-8-6-7-4-2-3-5-9-7;1-2-3;/h4,7-8H,2-3,5-6H2,1H3;3*3,5,7-8H,2,4,6H2,1H3;3H,1H2;/q;;;;-1;+1/t;3*7-;;/m.111../s1. The van der Waals surface area contributed by atoms with Crippen LogP contribution in [0.5, 0.6) is 0 Å². The van der Waals surface area contributed by atoms with Crippen molar-refractivity contribution in [3.63, 3.8) is 0 Å². The van der Waals surface area contributed by atoms with Crippen LogP contribution in [0.2, 0.25) is 0 Å². The summed E-state index contributed by atoms with van der Waals surface area (Å²) in [6.45, 7) is 5.08. The van der Waals surface area contributed by atoms with E-state index in [0.717, 1.165) is 58.2 Å². The molecule has 228 valence electrons. The molecule has 0 saturated heterocycles. The van der Waals surface area contributed by atoms with Crippen molar-refractivity contribution < 1.29 is 53.7 Å². The number of hydrogen-bond acceptors (Lipinski definition) is 9. The summed E-state index contributed by atoms with van der Waals surface area (Å²) in [7, 11) is 5.84. The first-order valence-electron chi connectivity index (χ1n) is 14.3. The number of nitrogens with zero attached hydrogens (tertiary/aromatic N) is 1. The van der Waals surface area contributed by atoms with Gasteiger partial charge in [0.25, 0.3) is 0 Å². The van der Waals surface area contributed by atoms with Gasteiger partial charge in [0.05, 0.1) is 31.2 Å². The fourth-order valence-electron chi connectivity index (χ4n) is 4.01. The molecule has 40 heavy (non-hydrogen) atoms. The minimum atomic E-state index is 0. The molecule has 11 heteroatoms. The maximum absolute atomic E-state index is 6.97. The van der Waals surface area contributed by atoms with Crippen LogP contribution in [0.4, 0.5) is 0 Å². The number of ether oxygens (including phenoxy) is 4. The molecule has 1 unspecified atom stereocenters. The molecule has 4 rings (SSSR count). The summed E-state index contributed by atoms with van der Waals surface area (Å²) in [6.07, 6.45) is 29.0. The van der Waals surface area contributed by atoms with Crippen LogP contribution in [0.1, 0.15) is 71.1 Å². The molecule has 0 bridgehead atoms. The van der Waals surface area contributed by atoms with Crippen LogP contribution in [0, 0.1) is 0 Å². The van der Waals surface area contributed by atoms with E-state index in [1.165, 1.54) is 25.7 Å². The zero-order chi connectivity index (χ0) is 28.8. The molecule has 0 aromatic carbocycles. The van der Waals surface area contributed by atoms with E-state index in [-0.39, 0.29) is 29.6 Å². The van der Waals surface area contributed by atoms with Crippen LogP contribution in [-0.2, 0) is 18.9 Å². The number of nitrogens with one attached hydrogen (secondary N) is 3. The van der Waals surface area contributed by atoms with E-state index in [2.05, 4.69) is 53.0 Å². The number of rotatable bonds is 8. The van der Waals surface area contributed by atoms with Gasteiger partial charge in [0.15, 0.2) is 0 Å². The molecule has 0 aromatic heterocycles. The summed E-state index contributed by atoms with van der Waals surface area (Å²) in [6, 6.07) is 0. The molecule has 0 aliphatic carbocycles. The Kier molecular flexibility index (Phi) is 33.3. The van der Waals surface area contributed by atoms with Crippen LogP contribution < -0.4 is 51.4 Å². The Labute approximate surface area is 265 Å². The zero-order valence-corrected chi connectivity index (χ0v) is 27.7. The van der Waals surface area contributed by atoms with Crippen LogP contribution >= 0.6 is 0 Å². The summed E-state index contributed by atoms with van der Waals surface area (Å²) in [5, 5.41) is 16.2. The van der Waals surface area contributed by atoms with Crippen molar-refractivity contribution in [2.24, 2.45) is 5.84 Å². The smallest absolute Gasteiger partial charge is 0.498 e. The van der Waals surface area contributed by atoms with Gasteiger partial charge < -0.3 is 51.5 Å². The van der Waals surface area contributed by atoms with Crippen molar-refractivity contribution in [2.45, 2.75) is 95.5 Å². The Balaban J connectivity index is 0. The molecule has 4 atom stereocenters. The number of hydrogen-bond donors (Lipinski definition) is 5. The van der Waals surface area contributed by atoms with Crippen LogP contribution in [0.3, 0.4) is 0 Å². The van der Waals surface area contributed by atoms with Gasteiger partial charge in [-0.2, -0.15) is 0 Å². The molecular formula is C29H56N5NaO5. The molecule has 6 N–H and O–H groups in total.